The quantitative estimate of drug-likeness (QED) is 0.575. The molecule has 0 bridgehead atoms. The lowest BCUT2D eigenvalue weighted by molar-refractivity contribution is 0.194. The lowest BCUT2D eigenvalue weighted by Crippen LogP contribution is -2.14. The number of nitrogens with zero attached hydrogens (tertiary/aromatic N) is 4. The summed E-state index contributed by atoms with van der Waals surface area (Å²) in [5.41, 5.74) is 1.75. The van der Waals surface area contributed by atoms with Gasteiger partial charge in [0.2, 0.25) is 11.9 Å². The van der Waals surface area contributed by atoms with Crippen LogP contribution in [0.25, 0.3) is 11.4 Å². The number of halogens is 1. The Labute approximate surface area is 163 Å². The van der Waals surface area contributed by atoms with Gasteiger partial charge in [-0.2, -0.15) is 15.0 Å². The summed E-state index contributed by atoms with van der Waals surface area (Å²) in [6.07, 6.45) is 1.59. The summed E-state index contributed by atoms with van der Waals surface area (Å²) in [6.45, 7) is 5.63. The molecule has 0 aliphatic carbocycles. The predicted octanol–water partition coefficient (Wildman–Crippen LogP) is 3.56. The fraction of sp³-hybridized carbons (Fsp3) is 0.300. The van der Waals surface area contributed by atoms with Crippen molar-refractivity contribution in [2.45, 2.75) is 39.3 Å². The van der Waals surface area contributed by atoms with Gasteiger partial charge in [-0.3, -0.25) is 4.98 Å². The zero-order valence-electron chi connectivity index (χ0n) is 16.0. The van der Waals surface area contributed by atoms with Crippen LogP contribution in [-0.2, 0) is 6.42 Å². The molecule has 0 amide bonds. The summed E-state index contributed by atoms with van der Waals surface area (Å²) in [7, 11) is 0. The van der Waals surface area contributed by atoms with Gasteiger partial charge in [-0.1, -0.05) is 12.1 Å². The first-order valence-electron chi connectivity index (χ1n) is 9.08. The van der Waals surface area contributed by atoms with Crippen LogP contribution in [0.4, 0.5) is 22.0 Å². The first-order valence-corrected chi connectivity index (χ1v) is 9.08. The highest BCUT2D eigenvalue weighted by molar-refractivity contribution is 5.61. The summed E-state index contributed by atoms with van der Waals surface area (Å²) >= 11 is 0. The van der Waals surface area contributed by atoms with E-state index in [9.17, 15) is 9.50 Å². The lowest BCUT2D eigenvalue weighted by atomic mass is 10.2. The van der Waals surface area contributed by atoms with Crippen molar-refractivity contribution in [2.24, 2.45) is 0 Å². The number of anilines is 3. The Kier molecular flexibility index (Phi) is 6.10. The maximum atomic E-state index is 14.2. The van der Waals surface area contributed by atoms with Crippen LogP contribution in [0.2, 0.25) is 0 Å². The Hall–Kier alpha value is -3.13. The third-order valence-electron chi connectivity index (χ3n) is 3.75. The smallest absolute Gasteiger partial charge is 0.232 e. The summed E-state index contributed by atoms with van der Waals surface area (Å²) in [6, 6.07) is 10.0. The molecule has 3 N–H and O–H groups in total. The second kappa shape index (κ2) is 8.71. The molecule has 0 aliphatic heterocycles. The van der Waals surface area contributed by atoms with Crippen molar-refractivity contribution in [3.05, 3.63) is 54.1 Å². The van der Waals surface area contributed by atoms with Gasteiger partial charge in [0, 0.05) is 30.0 Å². The Balaban J connectivity index is 1.96. The van der Waals surface area contributed by atoms with Crippen LogP contribution in [0.15, 0.2) is 42.6 Å². The fourth-order valence-corrected chi connectivity index (χ4v) is 2.62. The van der Waals surface area contributed by atoms with Crippen molar-refractivity contribution >= 4 is 17.6 Å². The maximum Gasteiger partial charge on any atom is 0.232 e. The van der Waals surface area contributed by atoms with Crippen LogP contribution in [0.5, 0.6) is 0 Å². The number of rotatable bonds is 7. The van der Waals surface area contributed by atoms with Crippen LogP contribution in [0.1, 0.15) is 26.5 Å². The summed E-state index contributed by atoms with van der Waals surface area (Å²) < 4.78 is 14.2. The van der Waals surface area contributed by atoms with Gasteiger partial charge in [0.1, 0.15) is 5.82 Å². The largest absolute Gasteiger partial charge is 0.393 e. The van der Waals surface area contributed by atoms with E-state index in [4.69, 9.17) is 0 Å². The molecule has 3 rings (SSSR count). The van der Waals surface area contributed by atoms with Crippen molar-refractivity contribution in [3.63, 3.8) is 0 Å². The van der Waals surface area contributed by atoms with Crippen LogP contribution in [0.3, 0.4) is 0 Å². The first-order chi connectivity index (χ1) is 13.4. The minimum atomic E-state index is -0.491. The van der Waals surface area contributed by atoms with Crippen molar-refractivity contribution in [3.8, 4) is 11.4 Å². The minimum absolute atomic E-state index is 0.0993. The van der Waals surface area contributed by atoms with E-state index in [0.717, 1.165) is 5.69 Å². The molecule has 1 aromatic carbocycles. The van der Waals surface area contributed by atoms with Crippen LogP contribution in [-0.4, -0.2) is 37.2 Å². The Bertz CT molecular complexity index is 947. The van der Waals surface area contributed by atoms with Crippen LogP contribution < -0.4 is 10.6 Å². The Morgan fingerprint density at radius 2 is 1.79 bits per heavy atom. The van der Waals surface area contributed by atoms with E-state index >= 15 is 0 Å². The average Bonchev–Trinajstić information content (AvgIpc) is 2.61. The van der Waals surface area contributed by atoms with Crippen molar-refractivity contribution in [2.75, 3.05) is 10.6 Å². The highest BCUT2D eigenvalue weighted by Crippen LogP contribution is 2.23. The topological polar surface area (TPSA) is 95.8 Å². The molecule has 146 valence electrons. The third-order valence-corrected chi connectivity index (χ3v) is 3.75. The average molecular weight is 382 g/mol. The first kappa shape index (κ1) is 19.6. The number of hydrogen-bond acceptors (Lipinski definition) is 7. The molecular weight excluding hydrogens is 359 g/mol. The molecule has 0 saturated carbocycles. The number of aliphatic hydroxyl groups excluding tert-OH is 1. The fourth-order valence-electron chi connectivity index (χ4n) is 2.62. The van der Waals surface area contributed by atoms with Crippen molar-refractivity contribution in [1.29, 1.82) is 0 Å². The van der Waals surface area contributed by atoms with Crippen LogP contribution >= 0.6 is 0 Å². The molecule has 0 aliphatic rings. The van der Waals surface area contributed by atoms with E-state index in [-0.39, 0.29) is 17.8 Å². The van der Waals surface area contributed by atoms with Gasteiger partial charge in [-0.25, -0.2) is 4.39 Å². The lowest BCUT2D eigenvalue weighted by Gasteiger charge is -2.13. The normalized spacial score (nSPS) is 12.1. The number of benzene rings is 1. The maximum absolute atomic E-state index is 14.2. The molecule has 0 radical (unpaired) electrons. The molecule has 1 unspecified atom stereocenters. The molecule has 0 spiro atoms. The van der Waals surface area contributed by atoms with Gasteiger partial charge in [0.05, 0.1) is 11.7 Å². The second-order valence-electron chi connectivity index (χ2n) is 6.80. The predicted molar refractivity (Wildman–Crippen MR) is 107 cm³/mol. The van der Waals surface area contributed by atoms with Gasteiger partial charge in [-0.05, 0) is 45.0 Å². The molecule has 2 aromatic heterocycles. The van der Waals surface area contributed by atoms with Gasteiger partial charge in [0.25, 0.3) is 0 Å². The minimum Gasteiger partial charge on any atom is -0.393 e. The second-order valence-corrected chi connectivity index (χ2v) is 6.80. The SMILES string of the molecule is CC(O)Cc1cc(Nc2nc(NC(C)C)nc(-c3ccccc3F)n2)ccn1. The zero-order chi connectivity index (χ0) is 20.1. The highest BCUT2D eigenvalue weighted by Gasteiger charge is 2.13. The van der Waals surface area contributed by atoms with E-state index in [1.54, 1.807) is 37.4 Å². The Morgan fingerprint density at radius 3 is 2.50 bits per heavy atom. The summed E-state index contributed by atoms with van der Waals surface area (Å²) in [5.74, 6) is 0.463. The standard InChI is InChI=1S/C20H23FN6O/c1-12(2)23-19-25-18(16-6-4-5-7-17(16)21)26-20(27-19)24-14-8-9-22-15(11-14)10-13(3)28/h4-9,11-13,28H,10H2,1-3H3,(H2,22,23,24,25,26,27). The molecule has 8 heteroatoms. The molecule has 1 atom stereocenters. The zero-order valence-corrected chi connectivity index (χ0v) is 16.0. The van der Waals surface area contributed by atoms with E-state index in [0.29, 0.717) is 23.6 Å². The van der Waals surface area contributed by atoms with Crippen LogP contribution in [0, 0.1) is 5.82 Å². The number of pyridine rings is 1. The molecule has 0 saturated heterocycles. The molecule has 28 heavy (non-hydrogen) atoms. The number of aromatic nitrogens is 4. The third kappa shape index (κ3) is 5.20. The monoisotopic (exact) mass is 382 g/mol. The van der Waals surface area contributed by atoms with Crippen molar-refractivity contribution < 1.29 is 9.50 Å². The molecular formula is C20H23FN6O. The van der Waals surface area contributed by atoms with E-state index in [1.165, 1.54) is 6.07 Å². The number of hydrogen-bond donors (Lipinski definition) is 3. The summed E-state index contributed by atoms with van der Waals surface area (Å²) in [5, 5.41) is 15.8. The van der Waals surface area contributed by atoms with Crippen molar-refractivity contribution in [1.82, 2.24) is 19.9 Å². The van der Waals surface area contributed by atoms with E-state index in [2.05, 4.69) is 30.6 Å². The molecule has 3 aromatic rings. The number of nitrogens with one attached hydrogen (secondary N) is 2. The van der Waals surface area contributed by atoms with Gasteiger partial charge in [0.15, 0.2) is 5.82 Å². The molecule has 7 nitrogen and oxygen atoms in total. The molecule has 0 fully saturated rings. The van der Waals surface area contributed by atoms with E-state index in [1.807, 2.05) is 19.9 Å². The molecule has 2 heterocycles. The van der Waals surface area contributed by atoms with Gasteiger partial charge in [-0.15, -0.1) is 0 Å². The Morgan fingerprint density at radius 1 is 1.04 bits per heavy atom. The summed E-state index contributed by atoms with van der Waals surface area (Å²) in [4.78, 5) is 17.3. The number of aliphatic hydroxyl groups is 1. The van der Waals surface area contributed by atoms with Gasteiger partial charge < -0.3 is 15.7 Å². The highest BCUT2D eigenvalue weighted by atomic mass is 19.1. The van der Waals surface area contributed by atoms with E-state index < -0.39 is 11.9 Å². The van der Waals surface area contributed by atoms with Gasteiger partial charge >= 0.3 is 0 Å².